The second kappa shape index (κ2) is 9.60. The quantitative estimate of drug-likeness (QED) is 0.460. The number of benzene rings is 1. The third kappa shape index (κ3) is 6.42. The highest BCUT2D eigenvalue weighted by atomic mass is 16.5. The molecule has 1 unspecified atom stereocenters. The van der Waals surface area contributed by atoms with E-state index in [0.717, 1.165) is 44.1 Å². The van der Waals surface area contributed by atoms with E-state index in [1.54, 1.807) is 0 Å². The van der Waals surface area contributed by atoms with Crippen molar-refractivity contribution in [2.24, 2.45) is 0 Å². The number of unbranched alkanes of at least 4 members (excludes halogenated alkanes) is 3. The predicted octanol–water partition coefficient (Wildman–Crippen LogP) is 5.04. The Kier molecular flexibility index (Phi) is 7.95. The normalized spacial score (nSPS) is 12.1. The summed E-state index contributed by atoms with van der Waals surface area (Å²) in [6.45, 7) is 4.30. The van der Waals surface area contributed by atoms with Crippen LogP contribution in [0.1, 0.15) is 70.5 Å². The molecule has 1 atom stereocenters. The van der Waals surface area contributed by atoms with Gasteiger partial charge in [-0.25, -0.2) is 0 Å². The lowest BCUT2D eigenvalue weighted by Crippen LogP contribution is -2.11. The molecule has 106 valence electrons. The molecule has 2 nitrogen and oxygen atoms in total. The predicted molar refractivity (Wildman–Crippen MR) is 78.9 cm³/mol. The van der Waals surface area contributed by atoms with E-state index in [-0.39, 0.29) is 12.1 Å². The van der Waals surface area contributed by atoms with Gasteiger partial charge in [0.15, 0.2) is 0 Å². The van der Waals surface area contributed by atoms with Crippen molar-refractivity contribution in [1.29, 1.82) is 0 Å². The fourth-order valence-electron chi connectivity index (χ4n) is 2.09. The zero-order chi connectivity index (χ0) is 13.9. The van der Waals surface area contributed by atoms with Gasteiger partial charge in [-0.3, -0.25) is 4.79 Å². The number of ether oxygens (including phenoxy) is 1. The Morgan fingerprint density at radius 3 is 2.37 bits per heavy atom. The lowest BCUT2D eigenvalue weighted by atomic mass is 10.0. The second-order valence-electron chi connectivity index (χ2n) is 4.99. The number of hydrogen-bond donors (Lipinski definition) is 0. The van der Waals surface area contributed by atoms with Crippen LogP contribution in [0.15, 0.2) is 30.3 Å². The largest absolute Gasteiger partial charge is 0.457 e. The standard InChI is InChI=1S/C17H26O2/c1-3-5-8-14-17(18)19-16(13-6-4-2)15-11-9-7-10-12-15/h7,9-12,16H,3-6,8,13-14H2,1-2H3. The molecule has 0 radical (unpaired) electrons. The van der Waals surface area contributed by atoms with Crippen molar-refractivity contribution < 1.29 is 9.53 Å². The van der Waals surface area contributed by atoms with Gasteiger partial charge in [-0.1, -0.05) is 63.4 Å². The fourth-order valence-corrected chi connectivity index (χ4v) is 2.09. The highest BCUT2D eigenvalue weighted by Crippen LogP contribution is 2.24. The van der Waals surface area contributed by atoms with Gasteiger partial charge in [0, 0.05) is 6.42 Å². The van der Waals surface area contributed by atoms with Gasteiger partial charge in [-0.2, -0.15) is 0 Å². The van der Waals surface area contributed by atoms with E-state index in [1.165, 1.54) is 0 Å². The van der Waals surface area contributed by atoms with Crippen LogP contribution in [0.3, 0.4) is 0 Å². The molecule has 0 heterocycles. The van der Waals surface area contributed by atoms with Gasteiger partial charge in [0.2, 0.25) is 0 Å². The molecular weight excluding hydrogens is 236 g/mol. The van der Waals surface area contributed by atoms with Gasteiger partial charge < -0.3 is 4.74 Å². The van der Waals surface area contributed by atoms with Crippen LogP contribution in [0.25, 0.3) is 0 Å². The molecule has 0 spiro atoms. The lowest BCUT2D eigenvalue weighted by molar-refractivity contribution is -0.150. The van der Waals surface area contributed by atoms with Crippen LogP contribution >= 0.6 is 0 Å². The van der Waals surface area contributed by atoms with E-state index < -0.39 is 0 Å². The molecule has 1 aromatic carbocycles. The van der Waals surface area contributed by atoms with Crippen LogP contribution in [0.4, 0.5) is 0 Å². The molecule has 0 aliphatic rings. The highest BCUT2D eigenvalue weighted by Gasteiger charge is 2.15. The maximum absolute atomic E-state index is 11.8. The monoisotopic (exact) mass is 262 g/mol. The molecular formula is C17H26O2. The van der Waals surface area contributed by atoms with Crippen molar-refractivity contribution in [2.75, 3.05) is 0 Å². The zero-order valence-corrected chi connectivity index (χ0v) is 12.2. The minimum atomic E-state index is -0.0738. The fraction of sp³-hybridized carbons (Fsp3) is 0.588. The molecule has 0 bridgehead atoms. The summed E-state index contributed by atoms with van der Waals surface area (Å²) in [5.74, 6) is -0.0570. The number of hydrogen-bond acceptors (Lipinski definition) is 2. The minimum Gasteiger partial charge on any atom is -0.457 e. The summed E-state index contributed by atoms with van der Waals surface area (Å²) in [7, 11) is 0. The second-order valence-corrected chi connectivity index (χ2v) is 4.99. The molecule has 0 fully saturated rings. The summed E-state index contributed by atoms with van der Waals surface area (Å²) in [5, 5.41) is 0. The van der Waals surface area contributed by atoms with E-state index in [4.69, 9.17) is 4.74 Å². The average molecular weight is 262 g/mol. The van der Waals surface area contributed by atoms with Crippen LogP contribution in [-0.2, 0) is 9.53 Å². The molecule has 0 aliphatic heterocycles. The summed E-state index contributed by atoms with van der Waals surface area (Å²) < 4.78 is 5.65. The van der Waals surface area contributed by atoms with Gasteiger partial charge in [0.25, 0.3) is 0 Å². The molecule has 0 amide bonds. The molecule has 0 N–H and O–H groups in total. The van der Waals surface area contributed by atoms with E-state index >= 15 is 0 Å². The number of carbonyl (C=O) groups excluding carboxylic acids is 1. The Morgan fingerprint density at radius 1 is 1.05 bits per heavy atom. The molecule has 0 saturated heterocycles. The molecule has 1 aromatic rings. The van der Waals surface area contributed by atoms with Gasteiger partial charge in [-0.15, -0.1) is 0 Å². The maximum atomic E-state index is 11.8. The Bertz CT molecular complexity index is 346. The smallest absolute Gasteiger partial charge is 0.306 e. The molecule has 19 heavy (non-hydrogen) atoms. The molecule has 0 aliphatic carbocycles. The van der Waals surface area contributed by atoms with Gasteiger partial charge in [0.1, 0.15) is 6.10 Å². The zero-order valence-electron chi connectivity index (χ0n) is 12.2. The van der Waals surface area contributed by atoms with Crippen molar-refractivity contribution in [2.45, 2.75) is 64.9 Å². The van der Waals surface area contributed by atoms with Crippen molar-refractivity contribution in [3.8, 4) is 0 Å². The van der Waals surface area contributed by atoms with Crippen LogP contribution in [-0.4, -0.2) is 5.97 Å². The Balaban J connectivity index is 2.52. The summed E-state index contributed by atoms with van der Waals surface area (Å²) in [6.07, 6.45) is 6.76. The summed E-state index contributed by atoms with van der Waals surface area (Å²) in [6, 6.07) is 10.1. The Morgan fingerprint density at radius 2 is 1.74 bits per heavy atom. The van der Waals surface area contributed by atoms with Crippen LogP contribution < -0.4 is 0 Å². The van der Waals surface area contributed by atoms with Gasteiger partial charge in [0.05, 0.1) is 0 Å². The van der Waals surface area contributed by atoms with E-state index in [2.05, 4.69) is 13.8 Å². The Labute approximate surface area is 117 Å². The minimum absolute atomic E-state index is 0.0570. The number of esters is 1. The van der Waals surface area contributed by atoms with E-state index in [1.807, 2.05) is 30.3 Å². The Hall–Kier alpha value is -1.31. The summed E-state index contributed by atoms with van der Waals surface area (Å²) in [5.41, 5.74) is 1.11. The van der Waals surface area contributed by atoms with E-state index in [0.29, 0.717) is 6.42 Å². The first-order valence-corrected chi connectivity index (χ1v) is 7.52. The van der Waals surface area contributed by atoms with E-state index in [9.17, 15) is 4.79 Å². The van der Waals surface area contributed by atoms with Crippen molar-refractivity contribution in [3.63, 3.8) is 0 Å². The van der Waals surface area contributed by atoms with Gasteiger partial charge in [-0.05, 0) is 24.8 Å². The van der Waals surface area contributed by atoms with Crippen molar-refractivity contribution in [3.05, 3.63) is 35.9 Å². The third-order valence-corrected chi connectivity index (χ3v) is 3.25. The van der Waals surface area contributed by atoms with Crippen LogP contribution in [0.2, 0.25) is 0 Å². The maximum Gasteiger partial charge on any atom is 0.306 e. The molecule has 0 aromatic heterocycles. The third-order valence-electron chi connectivity index (χ3n) is 3.25. The SMILES string of the molecule is CCCCCC(=O)OC(CCCC)c1ccccc1. The van der Waals surface area contributed by atoms with Gasteiger partial charge >= 0.3 is 5.97 Å². The van der Waals surface area contributed by atoms with Crippen LogP contribution in [0.5, 0.6) is 0 Å². The van der Waals surface area contributed by atoms with Crippen molar-refractivity contribution in [1.82, 2.24) is 0 Å². The number of rotatable bonds is 9. The first kappa shape index (κ1) is 15.7. The average Bonchev–Trinajstić information content (AvgIpc) is 2.44. The summed E-state index contributed by atoms with van der Waals surface area (Å²) in [4.78, 5) is 11.8. The molecule has 1 rings (SSSR count). The summed E-state index contributed by atoms with van der Waals surface area (Å²) >= 11 is 0. The number of carbonyl (C=O) groups is 1. The first-order valence-electron chi connectivity index (χ1n) is 7.52. The van der Waals surface area contributed by atoms with Crippen LogP contribution in [0, 0.1) is 0 Å². The first-order chi connectivity index (χ1) is 9.27. The molecule has 0 saturated carbocycles. The molecule has 2 heteroatoms. The van der Waals surface area contributed by atoms with Crippen molar-refractivity contribution >= 4 is 5.97 Å². The topological polar surface area (TPSA) is 26.3 Å². The lowest BCUT2D eigenvalue weighted by Gasteiger charge is -2.18. The highest BCUT2D eigenvalue weighted by molar-refractivity contribution is 5.69.